The van der Waals surface area contributed by atoms with Crippen LogP contribution >= 0.6 is 11.6 Å². The molecule has 2 heteroatoms. The van der Waals surface area contributed by atoms with Gasteiger partial charge in [0, 0.05) is 5.02 Å². The van der Waals surface area contributed by atoms with Crippen molar-refractivity contribution in [2.45, 2.75) is 63.4 Å². The smallest absolute Gasteiger partial charge is 0.0927 e. The number of rotatable bonds is 2. The van der Waals surface area contributed by atoms with E-state index < -0.39 is 5.60 Å². The van der Waals surface area contributed by atoms with Gasteiger partial charge in [-0.25, -0.2) is 0 Å². The number of hydrogen-bond acceptors (Lipinski definition) is 1. The molecule has 0 saturated heterocycles. The maximum Gasteiger partial charge on any atom is 0.0927 e. The summed E-state index contributed by atoms with van der Waals surface area (Å²) in [6.45, 7) is 0. The molecule has 3 rings (SSSR count). The van der Waals surface area contributed by atoms with Crippen molar-refractivity contribution in [3.8, 4) is 0 Å². The Labute approximate surface area is 127 Å². The van der Waals surface area contributed by atoms with Gasteiger partial charge in [-0.15, -0.1) is 0 Å². The van der Waals surface area contributed by atoms with Crippen LogP contribution in [0, 0.1) is 11.8 Å². The highest BCUT2D eigenvalue weighted by atomic mass is 35.5. The van der Waals surface area contributed by atoms with Gasteiger partial charge in [0.2, 0.25) is 0 Å². The second kappa shape index (κ2) is 6.07. The molecule has 1 nitrogen and oxygen atoms in total. The third kappa shape index (κ3) is 2.76. The summed E-state index contributed by atoms with van der Waals surface area (Å²) in [6.07, 6.45) is 11.2. The zero-order chi connectivity index (χ0) is 14.0. The van der Waals surface area contributed by atoms with Gasteiger partial charge in [0.05, 0.1) is 5.60 Å². The van der Waals surface area contributed by atoms with E-state index in [9.17, 15) is 5.11 Å². The SMILES string of the molecule is OC1(c2ccc(Cl)cc2)CCCCC1C1CCCCC1. The molecular weight excluding hydrogens is 268 g/mol. The molecule has 0 aliphatic heterocycles. The van der Waals surface area contributed by atoms with Crippen LogP contribution in [0.1, 0.15) is 63.4 Å². The third-order valence-corrected chi connectivity index (χ3v) is 5.75. The van der Waals surface area contributed by atoms with Crippen LogP contribution in [-0.4, -0.2) is 5.11 Å². The highest BCUT2D eigenvalue weighted by Gasteiger charge is 2.44. The Morgan fingerprint density at radius 1 is 0.900 bits per heavy atom. The lowest BCUT2D eigenvalue weighted by molar-refractivity contribution is -0.0835. The predicted octanol–water partition coefficient (Wildman–Crippen LogP) is 5.30. The molecule has 0 amide bonds. The summed E-state index contributed by atoms with van der Waals surface area (Å²) in [6, 6.07) is 7.90. The minimum Gasteiger partial charge on any atom is -0.385 e. The lowest BCUT2D eigenvalue weighted by Crippen LogP contribution is -2.42. The molecule has 110 valence electrons. The van der Waals surface area contributed by atoms with Crippen molar-refractivity contribution in [2.24, 2.45) is 11.8 Å². The second-order valence-electron chi connectivity index (χ2n) is 6.68. The Morgan fingerprint density at radius 3 is 2.25 bits per heavy atom. The summed E-state index contributed by atoms with van der Waals surface area (Å²) in [5.74, 6) is 1.16. The molecule has 0 radical (unpaired) electrons. The zero-order valence-corrected chi connectivity index (χ0v) is 12.9. The maximum atomic E-state index is 11.4. The summed E-state index contributed by atoms with van der Waals surface area (Å²) in [4.78, 5) is 0. The molecule has 2 aliphatic rings. The average Bonchev–Trinajstić information content (AvgIpc) is 2.49. The van der Waals surface area contributed by atoms with Gasteiger partial charge in [-0.3, -0.25) is 0 Å². The van der Waals surface area contributed by atoms with E-state index in [1.54, 1.807) is 0 Å². The molecule has 20 heavy (non-hydrogen) atoms. The fraction of sp³-hybridized carbons (Fsp3) is 0.667. The van der Waals surface area contributed by atoms with Crippen molar-refractivity contribution in [3.05, 3.63) is 34.9 Å². The lowest BCUT2D eigenvalue weighted by Gasteiger charge is -2.45. The van der Waals surface area contributed by atoms with Crippen LogP contribution in [0.5, 0.6) is 0 Å². The fourth-order valence-corrected chi connectivity index (χ4v) is 4.57. The van der Waals surface area contributed by atoms with E-state index in [0.717, 1.165) is 23.4 Å². The highest BCUT2D eigenvalue weighted by Crippen LogP contribution is 2.48. The standard InChI is InChI=1S/C18H25ClO/c19-16-11-9-15(10-12-16)18(20)13-5-4-8-17(18)14-6-2-1-3-7-14/h9-12,14,17,20H,1-8,13H2. The predicted molar refractivity (Wildman–Crippen MR) is 83.9 cm³/mol. The normalized spacial score (nSPS) is 32.2. The van der Waals surface area contributed by atoms with Crippen molar-refractivity contribution in [1.82, 2.24) is 0 Å². The van der Waals surface area contributed by atoms with Crippen LogP contribution < -0.4 is 0 Å². The van der Waals surface area contributed by atoms with Gasteiger partial charge in [-0.05, 0) is 42.4 Å². The van der Waals surface area contributed by atoms with E-state index in [-0.39, 0.29) is 0 Å². The Bertz CT molecular complexity index is 435. The summed E-state index contributed by atoms with van der Waals surface area (Å²) in [5, 5.41) is 12.2. The van der Waals surface area contributed by atoms with Crippen LogP contribution in [0.4, 0.5) is 0 Å². The second-order valence-corrected chi connectivity index (χ2v) is 7.12. The molecule has 1 N–H and O–H groups in total. The van der Waals surface area contributed by atoms with Crippen molar-refractivity contribution >= 4 is 11.6 Å². The van der Waals surface area contributed by atoms with Crippen molar-refractivity contribution in [3.63, 3.8) is 0 Å². The molecule has 1 aromatic rings. The number of aliphatic hydroxyl groups is 1. The van der Waals surface area contributed by atoms with Crippen molar-refractivity contribution in [2.75, 3.05) is 0 Å². The number of hydrogen-bond donors (Lipinski definition) is 1. The first kappa shape index (κ1) is 14.4. The van der Waals surface area contributed by atoms with Gasteiger partial charge in [0.1, 0.15) is 0 Å². The van der Waals surface area contributed by atoms with E-state index in [1.165, 1.54) is 44.9 Å². The third-order valence-electron chi connectivity index (χ3n) is 5.50. The molecule has 0 aromatic heterocycles. The van der Waals surface area contributed by atoms with E-state index in [0.29, 0.717) is 11.8 Å². The van der Waals surface area contributed by atoms with Crippen LogP contribution in [0.2, 0.25) is 5.02 Å². The van der Waals surface area contributed by atoms with Gasteiger partial charge in [0.25, 0.3) is 0 Å². The van der Waals surface area contributed by atoms with Gasteiger partial charge in [-0.1, -0.05) is 68.7 Å². The first-order valence-electron chi connectivity index (χ1n) is 8.18. The van der Waals surface area contributed by atoms with E-state index in [1.807, 2.05) is 24.3 Å². The quantitative estimate of drug-likeness (QED) is 0.784. The molecule has 2 aliphatic carbocycles. The highest BCUT2D eigenvalue weighted by molar-refractivity contribution is 6.30. The topological polar surface area (TPSA) is 20.2 Å². The fourth-order valence-electron chi connectivity index (χ4n) is 4.44. The molecule has 2 atom stereocenters. The molecule has 1 aromatic carbocycles. The summed E-state index contributed by atoms with van der Waals surface area (Å²) in [5.41, 5.74) is 0.461. The van der Waals surface area contributed by atoms with Crippen LogP contribution in [0.15, 0.2) is 24.3 Å². The zero-order valence-electron chi connectivity index (χ0n) is 12.2. The number of halogens is 1. The van der Waals surface area contributed by atoms with Crippen molar-refractivity contribution < 1.29 is 5.11 Å². The minimum atomic E-state index is -0.620. The van der Waals surface area contributed by atoms with Crippen LogP contribution in [0.25, 0.3) is 0 Å². The van der Waals surface area contributed by atoms with Gasteiger partial charge in [-0.2, -0.15) is 0 Å². The Balaban J connectivity index is 1.88. The molecule has 2 saturated carbocycles. The Hall–Kier alpha value is -0.530. The van der Waals surface area contributed by atoms with E-state index in [4.69, 9.17) is 11.6 Å². The maximum absolute atomic E-state index is 11.4. The van der Waals surface area contributed by atoms with Crippen molar-refractivity contribution in [1.29, 1.82) is 0 Å². The van der Waals surface area contributed by atoms with Gasteiger partial charge < -0.3 is 5.11 Å². The van der Waals surface area contributed by atoms with Gasteiger partial charge in [0.15, 0.2) is 0 Å². The van der Waals surface area contributed by atoms with Crippen LogP contribution in [0.3, 0.4) is 0 Å². The minimum absolute atomic E-state index is 0.442. The lowest BCUT2D eigenvalue weighted by atomic mass is 9.63. The molecule has 0 heterocycles. The average molecular weight is 293 g/mol. The largest absolute Gasteiger partial charge is 0.385 e. The summed E-state index contributed by atoms with van der Waals surface area (Å²) >= 11 is 6.00. The molecule has 2 fully saturated rings. The molecule has 0 bridgehead atoms. The molecule has 2 unspecified atom stereocenters. The Kier molecular flexibility index (Phi) is 4.37. The molecular formula is C18H25ClO. The van der Waals surface area contributed by atoms with E-state index >= 15 is 0 Å². The number of benzene rings is 1. The first-order chi connectivity index (χ1) is 9.70. The monoisotopic (exact) mass is 292 g/mol. The first-order valence-corrected chi connectivity index (χ1v) is 8.56. The Morgan fingerprint density at radius 2 is 1.55 bits per heavy atom. The van der Waals surface area contributed by atoms with Crippen LogP contribution in [-0.2, 0) is 5.60 Å². The summed E-state index contributed by atoms with van der Waals surface area (Å²) < 4.78 is 0. The summed E-state index contributed by atoms with van der Waals surface area (Å²) in [7, 11) is 0. The molecule has 0 spiro atoms. The van der Waals surface area contributed by atoms with Gasteiger partial charge >= 0.3 is 0 Å². The van der Waals surface area contributed by atoms with E-state index in [2.05, 4.69) is 0 Å².